The van der Waals surface area contributed by atoms with Crippen LogP contribution in [0.5, 0.6) is 0 Å². The molecule has 1 saturated carbocycles. The first-order chi connectivity index (χ1) is 16.8. The molecule has 188 valence electrons. The third-order valence-electron chi connectivity index (χ3n) is 7.30. The Kier molecular flexibility index (Phi) is 7.95. The standard InChI is InChI=1S/C30H42N4O/c1-6-30(4,5)31-19-24-10-9-11-25(18-24)29(35)33(17-16-22(2)3)21-28-32-26-12-7-8-13-27(26)34(28)20-23-14-15-23/h7-13,18,22-23,31H,6,14-17,19-21H2,1-5H3. The first kappa shape index (κ1) is 25.4. The molecule has 3 aromatic rings. The van der Waals surface area contributed by atoms with Gasteiger partial charge in [-0.1, -0.05) is 45.0 Å². The Balaban J connectivity index is 1.58. The summed E-state index contributed by atoms with van der Waals surface area (Å²) >= 11 is 0. The Morgan fingerprint density at radius 1 is 1.17 bits per heavy atom. The van der Waals surface area contributed by atoms with Crippen molar-refractivity contribution in [1.29, 1.82) is 0 Å². The highest BCUT2D eigenvalue weighted by Gasteiger charge is 2.26. The van der Waals surface area contributed by atoms with Crippen molar-refractivity contribution in [3.63, 3.8) is 0 Å². The molecule has 1 aliphatic rings. The van der Waals surface area contributed by atoms with Crippen LogP contribution < -0.4 is 5.32 Å². The van der Waals surface area contributed by atoms with Gasteiger partial charge in [0.2, 0.25) is 0 Å². The monoisotopic (exact) mass is 474 g/mol. The Bertz CT molecular complexity index is 1140. The van der Waals surface area contributed by atoms with Crippen molar-refractivity contribution in [2.24, 2.45) is 11.8 Å². The lowest BCUT2D eigenvalue weighted by molar-refractivity contribution is 0.0729. The molecular formula is C30H42N4O. The smallest absolute Gasteiger partial charge is 0.254 e. The predicted molar refractivity (Wildman–Crippen MR) is 144 cm³/mol. The second-order valence-electron chi connectivity index (χ2n) is 11.3. The van der Waals surface area contributed by atoms with Crippen molar-refractivity contribution in [2.75, 3.05) is 6.54 Å². The van der Waals surface area contributed by atoms with Gasteiger partial charge in [-0.15, -0.1) is 0 Å². The number of carbonyl (C=O) groups is 1. The van der Waals surface area contributed by atoms with Crippen LogP contribution in [0.1, 0.15) is 82.0 Å². The molecule has 1 heterocycles. The SMILES string of the molecule is CCC(C)(C)NCc1cccc(C(=O)N(CCC(C)C)Cc2nc3ccccc3n2CC2CC2)c1. The van der Waals surface area contributed by atoms with E-state index in [1.807, 2.05) is 23.1 Å². The molecule has 1 aliphatic carbocycles. The molecule has 4 rings (SSSR count). The van der Waals surface area contributed by atoms with Gasteiger partial charge in [-0.3, -0.25) is 4.79 Å². The minimum atomic E-state index is 0.0734. The van der Waals surface area contributed by atoms with E-state index >= 15 is 0 Å². The number of nitrogens with zero attached hydrogens (tertiary/aromatic N) is 3. The van der Waals surface area contributed by atoms with Crippen molar-refractivity contribution in [3.05, 3.63) is 65.5 Å². The van der Waals surface area contributed by atoms with E-state index in [0.29, 0.717) is 12.5 Å². The molecule has 0 aliphatic heterocycles. The lowest BCUT2D eigenvalue weighted by atomic mass is 10.0. The lowest BCUT2D eigenvalue weighted by Gasteiger charge is -2.26. The summed E-state index contributed by atoms with van der Waals surface area (Å²) < 4.78 is 2.36. The number of para-hydroxylation sites is 2. The summed E-state index contributed by atoms with van der Waals surface area (Å²) in [6, 6.07) is 16.5. The van der Waals surface area contributed by atoms with Crippen molar-refractivity contribution < 1.29 is 4.79 Å². The largest absolute Gasteiger partial charge is 0.331 e. The first-order valence-corrected chi connectivity index (χ1v) is 13.3. The Morgan fingerprint density at radius 3 is 2.66 bits per heavy atom. The topological polar surface area (TPSA) is 50.2 Å². The van der Waals surface area contributed by atoms with E-state index in [2.05, 4.69) is 74.8 Å². The number of hydrogen-bond acceptors (Lipinski definition) is 3. The van der Waals surface area contributed by atoms with Crippen molar-refractivity contribution in [2.45, 2.75) is 85.5 Å². The van der Waals surface area contributed by atoms with E-state index in [0.717, 1.165) is 60.9 Å². The third-order valence-corrected chi connectivity index (χ3v) is 7.30. The van der Waals surface area contributed by atoms with Gasteiger partial charge in [0.15, 0.2) is 0 Å². The van der Waals surface area contributed by atoms with E-state index in [1.54, 1.807) is 0 Å². The average Bonchev–Trinajstić information content (AvgIpc) is 3.61. The highest BCUT2D eigenvalue weighted by atomic mass is 16.2. The molecule has 1 fully saturated rings. The number of rotatable bonds is 12. The summed E-state index contributed by atoms with van der Waals surface area (Å²) in [5.74, 6) is 2.36. The zero-order valence-electron chi connectivity index (χ0n) is 22.2. The van der Waals surface area contributed by atoms with Gasteiger partial charge in [-0.05, 0) is 81.2 Å². The number of aromatic nitrogens is 2. The average molecular weight is 475 g/mol. The van der Waals surface area contributed by atoms with Crippen LogP contribution in [0.3, 0.4) is 0 Å². The third kappa shape index (κ3) is 6.72. The molecule has 35 heavy (non-hydrogen) atoms. The van der Waals surface area contributed by atoms with Gasteiger partial charge in [0.25, 0.3) is 5.91 Å². The fourth-order valence-electron chi connectivity index (χ4n) is 4.31. The molecule has 0 radical (unpaired) electrons. The van der Waals surface area contributed by atoms with E-state index in [1.165, 1.54) is 18.4 Å². The molecule has 0 saturated heterocycles. The fraction of sp³-hybridized carbons (Fsp3) is 0.533. The van der Waals surface area contributed by atoms with Crippen LogP contribution in [-0.4, -0.2) is 32.4 Å². The molecular weight excluding hydrogens is 432 g/mol. The van der Waals surface area contributed by atoms with E-state index in [9.17, 15) is 4.79 Å². The second-order valence-corrected chi connectivity index (χ2v) is 11.3. The van der Waals surface area contributed by atoms with Crippen LogP contribution in [-0.2, 0) is 19.6 Å². The number of fused-ring (bicyclic) bond motifs is 1. The van der Waals surface area contributed by atoms with Gasteiger partial charge in [0.1, 0.15) is 5.82 Å². The quantitative estimate of drug-likeness (QED) is 0.330. The summed E-state index contributed by atoms with van der Waals surface area (Å²) in [5.41, 5.74) is 4.17. The van der Waals surface area contributed by atoms with E-state index in [4.69, 9.17) is 4.98 Å². The fourth-order valence-corrected chi connectivity index (χ4v) is 4.31. The molecule has 1 N–H and O–H groups in total. The highest BCUT2D eigenvalue weighted by molar-refractivity contribution is 5.94. The number of amides is 1. The maximum absolute atomic E-state index is 13.8. The van der Waals surface area contributed by atoms with E-state index < -0.39 is 0 Å². The zero-order valence-corrected chi connectivity index (χ0v) is 22.2. The number of imidazole rings is 1. The van der Waals surface area contributed by atoms with Crippen molar-refractivity contribution in [3.8, 4) is 0 Å². The maximum Gasteiger partial charge on any atom is 0.254 e. The van der Waals surface area contributed by atoms with Crippen LogP contribution >= 0.6 is 0 Å². The Hall–Kier alpha value is -2.66. The summed E-state index contributed by atoms with van der Waals surface area (Å²) in [4.78, 5) is 20.8. The van der Waals surface area contributed by atoms with Gasteiger partial charge in [-0.2, -0.15) is 0 Å². The van der Waals surface area contributed by atoms with Crippen LogP contribution in [0.2, 0.25) is 0 Å². The van der Waals surface area contributed by atoms with Crippen molar-refractivity contribution >= 4 is 16.9 Å². The molecule has 2 aromatic carbocycles. The predicted octanol–water partition coefficient (Wildman–Crippen LogP) is 6.41. The summed E-state index contributed by atoms with van der Waals surface area (Å²) in [5, 5.41) is 3.61. The Labute approximate surface area is 210 Å². The number of benzene rings is 2. The van der Waals surface area contributed by atoms with Gasteiger partial charge in [0, 0.05) is 30.7 Å². The summed E-state index contributed by atoms with van der Waals surface area (Å²) in [7, 11) is 0. The molecule has 1 aromatic heterocycles. The lowest BCUT2D eigenvalue weighted by Crippen LogP contribution is -2.38. The van der Waals surface area contributed by atoms with Crippen molar-refractivity contribution in [1.82, 2.24) is 19.8 Å². The Morgan fingerprint density at radius 2 is 1.94 bits per heavy atom. The summed E-state index contributed by atoms with van der Waals surface area (Å²) in [6.07, 6.45) is 4.60. The maximum atomic E-state index is 13.8. The minimum Gasteiger partial charge on any atom is -0.331 e. The molecule has 5 heteroatoms. The van der Waals surface area contributed by atoms with Gasteiger partial charge >= 0.3 is 0 Å². The molecule has 5 nitrogen and oxygen atoms in total. The highest BCUT2D eigenvalue weighted by Crippen LogP contribution is 2.32. The number of carbonyl (C=O) groups excluding carboxylic acids is 1. The van der Waals surface area contributed by atoms with Gasteiger partial charge in [-0.25, -0.2) is 4.98 Å². The van der Waals surface area contributed by atoms with Crippen LogP contribution in [0.4, 0.5) is 0 Å². The van der Waals surface area contributed by atoms with Gasteiger partial charge in [0.05, 0.1) is 17.6 Å². The number of nitrogens with one attached hydrogen (secondary N) is 1. The van der Waals surface area contributed by atoms with E-state index in [-0.39, 0.29) is 11.4 Å². The zero-order chi connectivity index (χ0) is 25.0. The molecule has 0 bridgehead atoms. The van der Waals surface area contributed by atoms with Crippen LogP contribution in [0, 0.1) is 11.8 Å². The first-order valence-electron chi connectivity index (χ1n) is 13.3. The molecule has 1 amide bonds. The van der Waals surface area contributed by atoms with Crippen LogP contribution in [0.15, 0.2) is 48.5 Å². The minimum absolute atomic E-state index is 0.0734. The van der Waals surface area contributed by atoms with Crippen LogP contribution in [0.25, 0.3) is 11.0 Å². The molecule has 0 unspecified atom stereocenters. The second kappa shape index (κ2) is 10.9. The normalized spacial score (nSPS) is 14.1. The summed E-state index contributed by atoms with van der Waals surface area (Å²) in [6.45, 7) is 14.1. The molecule has 0 atom stereocenters. The van der Waals surface area contributed by atoms with Gasteiger partial charge < -0.3 is 14.8 Å². The number of hydrogen-bond donors (Lipinski definition) is 1. The molecule has 0 spiro atoms.